The Hall–Kier alpha value is -0.120. The van der Waals surface area contributed by atoms with Crippen molar-refractivity contribution in [2.45, 2.75) is 45.6 Å². The van der Waals surface area contributed by atoms with Gasteiger partial charge in [0, 0.05) is 12.6 Å². The van der Waals surface area contributed by atoms with E-state index in [4.69, 9.17) is 0 Å². The topological polar surface area (TPSA) is 18.5 Å². The molecule has 0 aromatic carbocycles. The SMILES string of the molecule is CC(C)CNCCCCN1CCCC1CN(C)C. The number of nitrogens with one attached hydrogen (secondary N) is 1. The van der Waals surface area contributed by atoms with Crippen LogP contribution in [0.25, 0.3) is 0 Å². The van der Waals surface area contributed by atoms with Gasteiger partial charge in [-0.3, -0.25) is 4.90 Å². The molecule has 0 aromatic heterocycles. The highest BCUT2D eigenvalue weighted by atomic mass is 15.2. The van der Waals surface area contributed by atoms with E-state index in [0.717, 1.165) is 18.5 Å². The highest BCUT2D eigenvalue weighted by Crippen LogP contribution is 2.18. The van der Waals surface area contributed by atoms with Crippen LogP contribution in [0.1, 0.15) is 39.5 Å². The summed E-state index contributed by atoms with van der Waals surface area (Å²) in [6.45, 7) is 10.7. The second-order valence-electron chi connectivity index (χ2n) is 6.40. The Morgan fingerprint density at radius 1 is 1.28 bits per heavy atom. The molecule has 0 spiro atoms. The molecule has 1 atom stereocenters. The molecule has 3 heteroatoms. The number of hydrogen-bond donors (Lipinski definition) is 1. The molecule has 0 saturated carbocycles. The van der Waals surface area contributed by atoms with Gasteiger partial charge < -0.3 is 10.2 Å². The van der Waals surface area contributed by atoms with Crippen LogP contribution in [0.15, 0.2) is 0 Å². The minimum Gasteiger partial charge on any atom is -0.316 e. The van der Waals surface area contributed by atoms with E-state index in [1.54, 1.807) is 0 Å². The minimum atomic E-state index is 0.771. The van der Waals surface area contributed by atoms with Gasteiger partial charge in [0.25, 0.3) is 0 Å². The molecule has 1 aliphatic heterocycles. The molecule has 1 fully saturated rings. The van der Waals surface area contributed by atoms with Crippen molar-refractivity contribution in [1.82, 2.24) is 15.1 Å². The van der Waals surface area contributed by atoms with Gasteiger partial charge in [0.15, 0.2) is 0 Å². The molecular formula is C15H33N3. The van der Waals surface area contributed by atoms with E-state index < -0.39 is 0 Å². The van der Waals surface area contributed by atoms with Crippen molar-refractivity contribution in [1.29, 1.82) is 0 Å². The summed E-state index contributed by atoms with van der Waals surface area (Å²) in [6.07, 6.45) is 5.45. The first-order valence-electron chi connectivity index (χ1n) is 7.69. The largest absolute Gasteiger partial charge is 0.316 e. The molecule has 0 amide bonds. The molecule has 1 heterocycles. The molecule has 1 N–H and O–H groups in total. The maximum Gasteiger partial charge on any atom is 0.0223 e. The summed E-state index contributed by atoms with van der Waals surface area (Å²) in [5.41, 5.74) is 0. The molecule has 0 aliphatic carbocycles. The summed E-state index contributed by atoms with van der Waals surface area (Å²) >= 11 is 0. The fourth-order valence-corrected chi connectivity index (χ4v) is 2.77. The van der Waals surface area contributed by atoms with Gasteiger partial charge in [0.1, 0.15) is 0 Å². The van der Waals surface area contributed by atoms with E-state index in [2.05, 4.69) is 43.1 Å². The molecule has 108 valence electrons. The molecule has 3 nitrogen and oxygen atoms in total. The van der Waals surface area contributed by atoms with Crippen LogP contribution < -0.4 is 5.32 Å². The van der Waals surface area contributed by atoms with E-state index in [1.807, 2.05) is 0 Å². The van der Waals surface area contributed by atoms with Crippen molar-refractivity contribution in [3.05, 3.63) is 0 Å². The van der Waals surface area contributed by atoms with E-state index in [-0.39, 0.29) is 0 Å². The monoisotopic (exact) mass is 255 g/mol. The van der Waals surface area contributed by atoms with Gasteiger partial charge in [0.05, 0.1) is 0 Å². The first-order valence-corrected chi connectivity index (χ1v) is 7.69. The van der Waals surface area contributed by atoms with Gasteiger partial charge in [-0.25, -0.2) is 0 Å². The van der Waals surface area contributed by atoms with Gasteiger partial charge in [0.2, 0.25) is 0 Å². The van der Waals surface area contributed by atoms with E-state index in [0.29, 0.717) is 0 Å². The number of hydrogen-bond acceptors (Lipinski definition) is 3. The lowest BCUT2D eigenvalue weighted by Gasteiger charge is -2.26. The summed E-state index contributed by atoms with van der Waals surface area (Å²) < 4.78 is 0. The Morgan fingerprint density at radius 3 is 2.72 bits per heavy atom. The molecule has 0 radical (unpaired) electrons. The number of likely N-dealkylation sites (tertiary alicyclic amines) is 1. The Labute approximate surface area is 114 Å². The summed E-state index contributed by atoms with van der Waals surface area (Å²) in [4.78, 5) is 5.02. The molecule has 0 aromatic rings. The second kappa shape index (κ2) is 8.89. The van der Waals surface area contributed by atoms with Gasteiger partial charge in [-0.05, 0) is 71.9 Å². The summed E-state index contributed by atoms with van der Waals surface area (Å²) in [5, 5.41) is 3.53. The molecule has 1 unspecified atom stereocenters. The standard InChI is InChI=1S/C15H33N3/c1-14(2)12-16-9-5-6-10-18-11-7-8-15(18)13-17(3)4/h14-16H,5-13H2,1-4H3. The second-order valence-corrected chi connectivity index (χ2v) is 6.40. The summed E-state index contributed by atoms with van der Waals surface area (Å²) in [6, 6.07) is 0.809. The molecule has 1 saturated heterocycles. The van der Waals surface area contributed by atoms with Crippen LogP contribution in [0.4, 0.5) is 0 Å². The summed E-state index contributed by atoms with van der Waals surface area (Å²) in [5.74, 6) is 0.771. The van der Waals surface area contributed by atoms with Crippen molar-refractivity contribution in [2.75, 3.05) is 46.8 Å². The molecule has 0 bridgehead atoms. The zero-order valence-electron chi connectivity index (χ0n) is 12.9. The Morgan fingerprint density at radius 2 is 2.06 bits per heavy atom. The minimum absolute atomic E-state index is 0.771. The third-order valence-electron chi connectivity index (χ3n) is 3.68. The van der Waals surface area contributed by atoms with Crippen molar-refractivity contribution in [3.63, 3.8) is 0 Å². The maximum atomic E-state index is 3.53. The third kappa shape index (κ3) is 6.72. The van der Waals surface area contributed by atoms with E-state index in [1.165, 1.54) is 51.9 Å². The lowest BCUT2D eigenvalue weighted by molar-refractivity contribution is 0.204. The maximum absolute atomic E-state index is 3.53. The lowest BCUT2D eigenvalue weighted by atomic mass is 10.2. The van der Waals surface area contributed by atoms with Gasteiger partial charge in [-0.15, -0.1) is 0 Å². The predicted molar refractivity (Wildman–Crippen MR) is 80.1 cm³/mol. The van der Waals surface area contributed by atoms with Crippen LogP contribution in [-0.2, 0) is 0 Å². The smallest absolute Gasteiger partial charge is 0.0223 e. The van der Waals surface area contributed by atoms with Crippen molar-refractivity contribution >= 4 is 0 Å². The first-order chi connectivity index (χ1) is 8.59. The van der Waals surface area contributed by atoms with Crippen LogP contribution >= 0.6 is 0 Å². The molecule has 18 heavy (non-hydrogen) atoms. The van der Waals surface area contributed by atoms with Crippen LogP contribution in [0.3, 0.4) is 0 Å². The first kappa shape index (κ1) is 15.9. The van der Waals surface area contributed by atoms with Crippen LogP contribution in [-0.4, -0.2) is 62.7 Å². The Bertz CT molecular complexity index is 204. The average Bonchev–Trinajstić information content (AvgIpc) is 2.69. The Kier molecular flexibility index (Phi) is 7.87. The zero-order valence-corrected chi connectivity index (χ0v) is 12.9. The molecule has 1 rings (SSSR count). The van der Waals surface area contributed by atoms with Gasteiger partial charge >= 0.3 is 0 Å². The van der Waals surface area contributed by atoms with E-state index >= 15 is 0 Å². The fourth-order valence-electron chi connectivity index (χ4n) is 2.77. The highest BCUT2D eigenvalue weighted by molar-refractivity contribution is 4.80. The van der Waals surface area contributed by atoms with Gasteiger partial charge in [-0.2, -0.15) is 0 Å². The lowest BCUT2D eigenvalue weighted by Crippen LogP contribution is -2.38. The number of likely N-dealkylation sites (N-methyl/N-ethyl adjacent to an activating group) is 1. The fraction of sp³-hybridized carbons (Fsp3) is 1.00. The normalized spacial score (nSPS) is 21.3. The quantitative estimate of drug-likeness (QED) is 0.636. The molecule has 1 aliphatic rings. The number of unbranched alkanes of at least 4 members (excludes halogenated alkanes) is 1. The molecular weight excluding hydrogens is 222 g/mol. The van der Waals surface area contributed by atoms with Crippen LogP contribution in [0.5, 0.6) is 0 Å². The Balaban J connectivity index is 2.03. The summed E-state index contributed by atoms with van der Waals surface area (Å²) in [7, 11) is 4.37. The third-order valence-corrected chi connectivity index (χ3v) is 3.68. The van der Waals surface area contributed by atoms with Gasteiger partial charge in [-0.1, -0.05) is 13.8 Å². The van der Waals surface area contributed by atoms with Crippen molar-refractivity contribution in [2.24, 2.45) is 5.92 Å². The van der Waals surface area contributed by atoms with Crippen molar-refractivity contribution in [3.8, 4) is 0 Å². The average molecular weight is 255 g/mol. The van der Waals surface area contributed by atoms with Crippen LogP contribution in [0.2, 0.25) is 0 Å². The van der Waals surface area contributed by atoms with E-state index in [9.17, 15) is 0 Å². The number of rotatable bonds is 9. The zero-order chi connectivity index (χ0) is 13.4. The van der Waals surface area contributed by atoms with Crippen molar-refractivity contribution < 1.29 is 0 Å². The van der Waals surface area contributed by atoms with Crippen LogP contribution in [0, 0.1) is 5.92 Å². The predicted octanol–water partition coefficient (Wildman–Crippen LogP) is 2.04. The highest BCUT2D eigenvalue weighted by Gasteiger charge is 2.23. The number of nitrogens with zero attached hydrogens (tertiary/aromatic N) is 2.